The fraction of sp³-hybridized carbons (Fsp3) is 0.462. The number of H-pyrrole nitrogens is 1. The predicted octanol–water partition coefficient (Wildman–Crippen LogP) is 4.02. The van der Waals surface area contributed by atoms with Gasteiger partial charge < -0.3 is 10.3 Å². The summed E-state index contributed by atoms with van der Waals surface area (Å²) in [6.45, 7) is 1.06. The van der Waals surface area contributed by atoms with E-state index in [-0.39, 0.29) is 5.91 Å². The number of hydrogen-bond donors (Lipinski definition) is 2. The maximum atomic E-state index is 12.3. The molecule has 4 aromatic rings. The maximum absolute atomic E-state index is 12.3. The second-order valence-electron chi connectivity index (χ2n) is 9.47. The van der Waals surface area contributed by atoms with Crippen LogP contribution in [0.25, 0.3) is 11.0 Å². The molecule has 0 atom stereocenters. The van der Waals surface area contributed by atoms with E-state index < -0.39 is 0 Å². The minimum Gasteiger partial charge on any atom is -0.345 e. The van der Waals surface area contributed by atoms with Gasteiger partial charge in [0.05, 0.1) is 24.1 Å². The summed E-state index contributed by atoms with van der Waals surface area (Å²) in [5, 5.41) is 20.9. The molecule has 35 heavy (non-hydrogen) atoms. The summed E-state index contributed by atoms with van der Waals surface area (Å²) >= 11 is 0. The molecule has 0 unspecified atom stereocenters. The van der Waals surface area contributed by atoms with Gasteiger partial charge in [0.15, 0.2) is 11.3 Å². The number of hydrogen-bond acceptors (Lipinski definition) is 6. The van der Waals surface area contributed by atoms with Gasteiger partial charge in [-0.1, -0.05) is 43.4 Å². The number of aryl methyl sites for hydroxylation is 2. The average molecular weight is 473 g/mol. The Hall–Kier alpha value is -3.62. The Kier molecular flexibility index (Phi) is 7.41. The number of nitrogens with one attached hydrogen (secondary N) is 2. The topological polar surface area (TPSA) is 114 Å². The average Bonchev–Trinajstić information content (AvgIpc) is 3.53. The first-order chi connectivity index (χ1) is 17.2. The number of aromatic nitrogens is 7. The van der Waals surface area contributed by atoms with E-state index in [0.717, 1.165) is 54.0 Å². The van der Waals surface area contributed by atoms with E-state index in [2.05, 4.69) is 47.9 Å². The number of nitrogens with zero attached hydrogens (tertiary/aromatic N) is 6. The van der Waals surface area contributed by atoms with Gasteiger partial charge in [0, 0.05) is 23.8 Å². The lowest BCUT2D eigenvalue weighted by Crippen LogP contribution is -2.23. The maximum Gasteiger partial charge on any atom is 0.273 e. The first-order valence-electron chi connectivity index (χ1n) is 12.7. The molecule has 182 valence electrons. The summed E-state index contributed by atoms with van der Waals surface area (Å²) in [5.74, 6) is 0.549. The van der Waals surface area contributed by atoms with Crippen molar-refractivity contribution < 1.29 is 4.79 Å². The van der Waals surface area contributed by atoms with Crippen LogP contribution >= 0.6 is 0 Å². The summed E-state index contributed by atoms with van der Waals surface area (Å²) < 4.78 is 1.72. The third-order valence-electron chi connectivity index (χ3n) is 6.71. The van der Waals surface area contributed by atoms with Crippen molar-refractivity contribution in [1.82, 2.24) is 40.5 Å². The summed E-state index contributed by atoms with van der Waals surface area (Å²) in [5.41, 5.74) is 4.29. The van der Waals surface area contributed by atoms with Crippen molar-refractivity contribution in [3.63, 3.8) is 0 Å². The van der Waals surface area contributed by atoms with E-state index in [9.17, 15) is 4.79 Å². The standard InChI is InChI=1S/C26H32N8O/c35-26(28-17-22-11-4-6-12-27-22)24-18-34(33-31-24)13-7-5-10-21-15-20-16-23(29-25(20)32-30-21)14-19-8-2-1-3-9-19/h4,6,11-12,15-16,18-19H,1-3,5,7-10,13-14,17H2,(H,28,35)(H,29,32). The smallest absolute Gasteiger partial charge is 0.273 e. The molecule has 0 saturated heterocycles. The number of amides is 1. The van der Waals surface area contributed by atoms with Crippen molar-refractivity contribution in [2.45, 2.75) is 70.9 Å². The summed E-state index contributed by atoms with van der Waals surface area (Å²) in [7, 11) is 0. The molecular formula is C26H32N8O. The van der Waals surface area contributed by atoms with Crippen LogP contribution in [0.5, 0.6) is 0 Å². The molecule has 1 aliphatic carbocycles. The van der Waals surface area contributed by atoms with Gasteiger partial charge in [0.1, 0.15) is 0 Å². The monoisotopic (exact) mass is 472 g/mol. The summed E-state index contributed by atoms with van der Waals surface area (Å²) in [4.78, 5) is 20.0. The number of carbonyl (C=O) groups excluding carboxylic acids is 1. The molecule has 0 bridgehead atoms. The Morgan fingerprint density at radius 1 is 1.06 bits per heavy atom. The summed E-state index contributed by atoms with van der Waals surface area (Å²) in [6.07, 6.45) is 14.0. The van der Waals surface area contributed by atoms with Crippen molar-refractivity contribution in [3.8, 4) is 0 Å². The molecule has 0 aromatic carbocycles. The number of fused-ring (bicyclic) bond motifs is 1. The largest absolute Gasteiger partial charge is 0.345 e. The highest BCUT2D eigenvalue weighted by Gasteiger charge is 2.15. The third kappa shape index (κ3) is 6.29. The zero-order valence-electron chi connectivity index (χ0n) is 20.0. The number of aromatic amines is 1. The number of rotatable bonds is 10. The van der Waals surface area contributed by atoms with Gasteiger partial charge in [0.25, 0.3) is 5.91 Å². The van der Waals surface area contributed by atoms with Crippen LogP contribution in [0.1, 0.15) is 72.5 Å². The first-order valence-corrected chi connectivity index (χ1v) is 12.7. The second-order valence-corrected chi connectivity index (χ2v) is 9.47. The molecule has 0 radical (unpaired) electrons. The van der Waals surface area contributed by atoms with Crippen LogP contribution < -0.4 is 5.32 Å². The minimum absolute atomic E-state index is 0.250. The normalized spacial score (nSPS) is 14.4. The highest BCUT2D eigenvalue weighted by atomic mass is 16.2. The van der Waals surface area contributed by atoms with E-state index in [1.165, 1.54) is 37.8 Å². The number of carbonyl (C=O) groups is 1. The van der Waals surface area contributed by atoms with E-state index in [1.807, 2.05) is 18.2 Å². The van der Waals surface area contributed by atoms with Crippen LogP contribution in [-0.2, 0) is 25.9 Å². The van der Waals surface area contributed by atoms with Crippen molar-refractivity contribution in [1.29, 1.82) is 0 Å². The van der Waals surface area contributed by atoms with Gasteiger partial charge >= 0.3 is 0 Å². The molecule has 4 heterocycles. The van der Waals surface area contributed by atoms with Crippen molar-refractivity contribution in [3.05, 3.63) is 65.5 Å². The Bertz CT molecular complexity index is 1240. The third-order valence-corrected chi connectivity index (χ3v) is 6.71. The van der Waals surface area contributed by atoms with E-state index in [1.54, 1.807) is 17.1 Å². The van der Waals surface area contributed by atoms with Crippen molar-refractivity contribution in [2.75, 3.05) is 0 Å². The Morgan fingerprint density at radius 3 is 2.83 bits per heavy atom. The van der Waals surface area contributed by atoms with Crippen LogP contribution in [0.3, 0.4) is 0 Å². The highest BCUT2D eigenvalue weighted by molar-refractivity contribution is 5.91. The molecule has 9 nitrogen and oxygen atoms in total. The van der Waals surface area contributed by atoms with Crippen molar-refractivity contribution in [2.24, 2.45) is 5.92 Å². The zero-order chi connectivity index (χ0) is 23.9. The van der Waals surface area contributed by atoms with Gasteiger partial charge in [-0.2, -0.15) is 5.10 Å². The quantitative estimate of drug-likeness (QED) is 0.337. The molecule has 0 spiro atoms. The molecule has 0 aliphatic heterocycles. The van der Waals surface area contributed by atoms with E-state index in [4.69, 9.17) is 0 Å². The molecular weight excluding hydrogens is 440 g/mol. The molecule has 4 aromatic heterocycles. The van der Waals surface area contributed by atoms with E-state index >= 15 is 0 Å². The van der Waals surface area contributed by atoms with Crippen LogP contribution in [-0.4, -0.2) is 41.1 Å². The molecule has 5 rings (SSSR count). The Balaban J connectivity index is 1.07. The van der Waals surface area contributed by atoms with Crippen LogP contribution in [0, 0.1) is 5.92 Å². The summed E-state index contributed by atoms with van der Waals surface area (Å²) in [6, 6.07) is 10.0. The minimum atomic E-state index is -0.250. The Labute approximate surface area is 204 Å². The highest BCUT2D eigenvalue weighted by Crippen LogP contribution is 2.27. The second kappa shape index (κ2) is 11.2. The number of unbranched alkanes of at least 4 members (excludes halogenated alkanes) is 1. The van der Waals surface area contributed by atoms with Gasteiger partial charge in [-0.15, -0.1) is 10.2 Å². The van der Waals surface area contributed by atoms with E-state index in [0.29, 0.717) is 18.8 Å². The zero-order valence-corrected chi connectivity index (χ0v) is 20.0. The molecule has 1 fully saturated rings. The fourth-order valence-corrected chi connectivity index (χ4v) is 4.82. The van der Waals surface area contributed by atoms with Crippen molar-refractivity contribution >= 4 is 16.9 Å². The van der Waals surface area contributed by atoms with Gasteiger partial charge in [-0.3, -0.25) is 14.5 Å². The number of pyridine rings is 1. The fourth-order valence-electron chi connectivity index (χ4n) is 4.82. The Morgan fingerprint density at radius 2 is 1.97 bits per heavy atom. The molecule has 1 amide bonds. The lowest BCUT2D eigenvalue weighted by molar-refractivity contribution is 0.0945. The van der Waals surface area contributed by atoms with Gasteiger partial charge in [0.2, 0.25) is 0 Å². The first kappa shape index (κ1) is 23.1. The van der Waals surface area contributed by atoms with Crippen LogP contribution in [0.15, 0.2) is 42.7 Å². The van der Waals surface area contributed by atoms with Crippen LogP contribution in [0.2, 0.25) is 0 Å². The molecule has 1 saturated carbocycles. The van der Waals surface area contributed by atoms with Gasteiger partial charge in [-0.25, -0.2) is 0 Å². The van der Waals surface area contributed by atoms with Gasteiger partial charge in [-0.05, 0) is 55.9 Å². The lowest BCUT2D eigenvalue weighted by Gasteiger charge is -2.20. The molecule has 9 heteroatoms. The van der Waals surface area contributed by atoms with Crippen LogP contribution in [0.4, 0.5) is 0 Å². The molecule has 2 N–H and O–H groups in total. The predicted molar refractivity (Wildman–Crippen MR) is 133 cm³/mol. The lowest BCUT2D eigenvalue weighted by atomic mass is 9.86. The molecule has 1 aliphatic rings. The SMILES string of the molecule is O=C(NCc1ccccn1)c1cn(CCCCc2cc3cc(CC4CCCCC4)[nH]c3nn2)nn1.